The number of amides is 1. The molecule has 2 unspecified atom stereocenters. The number of nitrogens with two attached hydrogens (primary N) is 1. The van der Waals surface area contributed by atoms with Crippen LogP contribution in [0.25, 0.3) is 0 Å². The number of aromatic amines is 1. The summed E-state index contributed by atoms with van der Waals surface area (Å²) in [5.41, 5.74) is 7.48. The van der Waals surface area contributed by atoms with E-state index in [0.717, 1.165) is 31.5 Å². The number of H-pyrrole nitrogens is 1. The number of nitrogens with zero attached hydrogens (tertiary/aromatic N) is 2. The van der Waals surface area contributed by atoms with Crippen molar-refractivity contribution in [2.45, 2.75) is 64.5 Å². The first-order valence-corrected chi connectivity index (χ1v) is 7.43. The van der Waals surface area contributed by atoms with E-state index in [4.69, 9.17) is 5.73 Å². The number of carbonyl (C=O) groups is 1. The third-order valence-electron chi connectivity index (χ3n) is 4.02. The fourth-order valence-electron chi connectivity index (χ4n) is 2.72. The van der Waals surface area contributed by atoms with E-state index in [1.807, 2.05) is 17.9 Å². The van der Waals surface area contributed by atoms with Gasteiger partial charge in [0.1, 0.15) is 5.69 Å². The second-order valence-electron chi connectivity index (χ2n) is 6.84. The molecule has 1 aliphatic heterocycles. The van der Waals surface area contributed by atoms with Gasteiger partial charge in [0.2, 0.25) is 0 Å². The Morgan fingerprint density at radius 3 is 2.67 bits per heavy atom. The van der Waals surface area contributed by atoms with Crippen LogP contribution in [0, 0.1) is 0 Å². The minimum atomic E-state index is -0.0337. The maximum atomic E-state index is 12.6. The molecule has 120 valence electrons. The molecule has 0 aliphatic carbocycles. The smallest absolute Gasteiger partial charge is 0.274 e. The van der Waals surface area contributed by atoms with Crippen molar-refractivity contribution in [2.24, 2.45) is 5.73 Å². The van der Waals surface area contributed by atoms with Gasteiger partial charge in [0.25, 0.3) is 5.91 Å². The second-order valence-corrected chi connectivity index (χ2v) is 6.84. The van der Waals surface area contributed by atoms with Gasteiger partial charge < -0.3 is 10.6 Å². The summed E-state index contributed by atoms with van der Waals surface area (Å²) in [6.45, 7) is 9.05. The Hall–Kier alpha value is -1.07. The Balaban J connectivity index is 0.00000220. The number of hydrogen-bond donors (Lipinski definition) is 2. The molecule has 0 saturated carbocycles. The summed E-state index contributed by atoms with van der Waals surface area (Å²) in [5, 5.41) is 7.18. The summed E-state index contributed by atoms with van der Waals surface area (Å²) >= 11 is 0. The van der Waals surface area contributed by atoms with Crippen LogP contribution in [0.4, 0.5) is 0 Å². The Labute approximate surface area is 133 Å². The molecule has 2 heterocycles. The Bertz CT molecular complexity index is 478. The minimum Gasteiger partial charge on any atom is -0.333 e. The number of hydrogen-bond acceptors (Lipinski definition) is 3. The normalized spacial score (nSPS) is 20.8. The highest BCUT2D eigenvalue weighted by Crippen LogP contribution is 2.24. The molecule has 0 aromatic carbocycles. The van der Waals surface area contributed by atoms with Crippen LogP contribution in [0.2, 0.25) is 0 Å². The lowest BCUT2D eigenvalue weighted by molar-refractivity contribution is 0.0577. The summed E-state index contributed by atoms with van der Waals surface area (Å²) < 4.78 is 0. The average molecular weight is 315 g/mol. The zero-order valence-electron chi connectivity index (χ0n) is 13.3. The standard InChI is InChI=1S/C15H26N4O.ClH/c1-10(16)12-7-5-6-8-19(12)14(20)11-9-13(18-17-11)15(2,3)4;/h9-10,12H,5-8,16H2,1-4H3,(H,17,18);1H. The van der Waals surface area contributed by atoms with Gasteiger partial charge in [-0.15, -0.1) is 12.4 Å². The molecule has 2 atom stereocenters. The van der Waals surface area contributed by atoms with Crippen molar-refractivity contribution in [1.82, 2.24) is 15.1 Å². The summed E-state index contributed by atoms with van der Waals surface area (Å²) in [7, 11) is 0. The van der Waals surface area contributed by atoms with Gasteiger partial charge in [-0.3, -0.25) is 9.89 Å². The molecule has 1 saturated heterocycles. The van der Waals surface area contributed by atoms with Crippen LogP contribution in [0.15, 0.2) is 6.07 Å². The van der Waals surface area contributed by atoms with E-state index < -0.39 is 0 Å². The first kappa shape index (κ1) is 18.0. The van der Waals surface area contributed by atoms with Gasteiger partial charge in [-0.05, 0) is 32.3 Å². The van der Waals surface area contributed by atoms with Crippen molar-refractivity contribution >= 4 is 18.3 Å². The van der Waals surface area contributed by atoms with Crippen molar-refractivity contribution in [3.63, 3.8) is 0 Å². The molecular formula is C15H27ClN4O. The Kier molecular flexibility index (Phi) is 5.82. The average Bonchev–Trinajstić information content (AvgIpc) is 2.87. The lowest BCUT2D eigenvalue weighted by atomic mass is 9.92. The molecule has 3 N–H and O–H groups in total. The van der Waals surface area contributed by atoms with Crippen LogP contribution in [0.3, 0.4) is 0 Å². The predicted molar refractivity (Wildman–Crippen MR) is 86.9 cm³/mol. The Morgan fingerprint density at radius 2 is 2.14 bits per heavy atom. The quantitative estimate of drug-likeness (QED) is 0.880. The van der Waals surface area contributed by atoms with Gasteiger partial charge >= 0.3 is 0 Å². The zero-order valence-corrected chi connectivity index (χ0v) is 14.2. The third kappa shape index (κ3) is 3.98. The molecule has 21 heavy (non-hydrogen) atoms. The van der Waals surface area contributed by atoms with Crippen LogP contribution < -0.4 is 5.73 Å². The van der Waals surface area contributed by atoms with Gasteiger partial charge in [-0.25, -0.2) is 0 Å². The molecule has 1 fully saturated rings. The van der Waals surface area contributed by atoms with E-state index >= 15 is 0 Å². The summed E-state index contributed by atoms with van der Waals surface area (Å²) in [6.07, 6.45) is 3.18. The van der Waals surface area contributed by atoms with E-state index in [9.17, 15) is 4.79 Å². The van der Waals surface area contributed by atoms with Crippen molar-refractivity contribution in [1.29, 1.82) is 0 Å². The molecule has 6 heteroatoms. The number of likely N-dealkylation sites (tertiary alicyclic amines) is 1. The Morgan fingerprint density at radius 1 is 1.48 bits per heavy atom. The largest absolute Gasteiger partial charge is 0.333 e. The van der Waals surface area contributed by atoms with Gasteiger partial charge in [0.05, 0.1) is 0 Å². The molecule has 0 bridgehead atoms. The first-order valence-electron chi connectivity index (χ1n) is 7.43. The van der Waals surface area contributed by atoms with Crippen LogP contribution >= 0.6 is 12.4 Å². The molecule has 1 aliphatic rings. The third-order valence-corrected chi connectivity index (χ3v) is 4.02. The zero-order chi connectivity index (χ0) is 14.9. The molecule has 0 spiro atoms. The van der Waals surface area contributed by atoms with Crippen LogP contribution in [0.5, 0.6) is 0 Å². The summed E-state index contributed by atoms with van der Waals surface area (Å²) in [4.78, 5) is 14.5. The van der Waals surface area contributed by atoms with E-state index in [0.29, 0.717) is 5.69 Å². The number of halogens is 1. The molecule has 1 amide bonds. The van der Waals surface area contributed by atoms with Crippen molar-refractivity contribution in [3.05, 3.63) is 17.5 Å². The number of nitrogens with one attached hydrogen (secondary N) is 1. The minimum absolute atomic E-state index is 0. The van der Waals surface area contributed by atoms with Crippen LogP contribution in [-0.2, 0) is 5.41 Å². The van der Waals surface area contributed by atoms with E-state index in [2.05, 4.69) is 31.0 Å². The van der Waals surface area contributed by atoms with Crippen molar-refractivity contribution < 1.29 is 4.79 Å². The highest BCUT2D eigenvalue weighted by atomic mass is 35.5. The topological polar surface area (TPSA) is 75.0 Å². The van der Waals surface area contributed by atoms with Crippen LogP contribution in [-0.4, -0.2) is 39.6 Å². The van der Waals surface area contributed by atoms with Gasteiger partial charge in [-0.1, -0.05) is 20.8 Å². The number of carbonyl (C=O) groups excluding carboxylic acids is 1. The number of rotatable bonds is 2. The van der Waals surface area contributed by atoms with Gasteiger partial charge in [0, 0.05) is 29.7 Å². The van der Waals surface area contributed by atoms with Crippen molar-refractivity contribution in [2.75, 3.05) is 6.54 Å². The SMILES string of the molecule is CC(N)C1CCCCN1C(=O)c1cc(C(C)(C)C)[nH]n1.Cl. The molecular weight excluding hydrogens is 288 g/mol. The molecule has 2 rings (SSSR count). The van der Waals surface area contributed by atoms with E-state index in [-0.39, 0.29) is 35.8 Å². The summed E-state index contributed by atoms with van der Waals surface area (Å²) in [5.74, 6) is -0.00116. The molecule has 5 nitrogen and oxygen atoms in total. The maximum absolute atomic E-state index is 12.6. The molecule has 1 aromatic rings. The van der Waals surface area contributed by atoms with E-state index in [1.165, 1.54) is 0 Å². The molecule has 0 radical (unpaired) electrons. The highest BCUT2D eigenvalue weighted by Gasteiger charge is 2.31. The first-order chi connectivity index (χ1) is 9.30. The fourth-order valence-corrected chi connectivity index (χ4v) is 2.72. The fraction of sp³-hybridized carbons (Fsp3) is 0.733. The molecule has 1 aromatic heterocycles. The monoisotopic (exact) mass is 314 g/mol. The predicted octanol–water partition coefficient (Wildman–Crippen LogP) is 2.47. The van der Waals surface area contributed by atoms with Gasteiger partial charge in [-0.2, -0.15) is 5.10 Å². The highest BCUT2D eigenvalue weighted by molar-refractivity contribution is 5.92. The number of piperidine rings is 1. The number of aromatic nitrogens is 2. The second kappa shape index (κ2) is 6.79. The lowest BCUT2D eigenvalue weighted by Crippen LogP contribution is -2.51. The maximum Gasteiger partial charge on any atom is 0.274 e. The van der Waals surface area contributed by atoms with E-state index in [1.54, 1.807) is 0 Å². The van der Waals surface area contributed by atoms with Crippen molar-refractivity contribution in [3.8, 4) is 0 Å². The lowest BCUT2D eigenvalue weighted by Gasteiger charge is -2.37. The van der Waals surface area contributed by atoms with Crippen LogP contribution in [0.1, 0.15) is 63.1 Å². The summed E-state index contributed by atoms with van der Waals surface area (Å²) in [6, 6.07) is 2.00. The van der Waals surface area contributed by atoms with Gasteiger partial charge in [0.15, 0.2) is 0 Å².